The van der Waals surface area contributed by atoms with Crippen molar-refractivity contribution in [3.8, 4) is 0 Å². The van der Waals surface area contributed by atoms with Gasteiger partial charge in [-0.25, -0.2) is 4.79 Å². The van der Waals surface area contributed by atoms with Crippen molar-refractivity contribution in [1.82, 2.24) is 5.32 Å². The third kappa shape index (κ3) is 5.96. The summed E-state index contributed by atoms with van der Waals surface area (Å²) in [4.78, 5) is 24.7. The summed E-state index contributed by atoms with van der Waals surface area (Å²) >= 11 is 1.62. The van der Waals surface area contributed by atoms with E-state index in [0.29, 0.717) is 6.54 Å². The van der Waals surface area contributed by atoms with Crippen LogP contribution in [0.25, 0.3) is 0 Å². The summed E-state index contributed by atoms with van der Waals surface area (Å²) < 4.78 is 0. The van der Waals surface area contributed by atoms with Crippen LogP contribution in [0.4, 0.5) is 16.2 Å². The number of carbonyl (C=O) groups excluding carboxylic acids is 2. The van der Waals surface area contributed by atoms with Gasteiger partial charge in [-0.1, -0.05) is 18.7 Å². The number of anilines is 2. The normalized spacial score (nSPS) is 10.1. The van der Waals surface area contributed by atoms with E-state index in [9.17, 15) is 9.59 Å². The Morgan fingerprint density at radius 1 is 0.875 bits per heavy atom. The Bertz CT molecular complexity index is 684. The second kappa shape index (κ2) is 8.98. The van der Waals surface area contributed by atoms with Crippen LogP contribution >= 0.6 is 11.8 Å². The molecular formula is C18H21N3O2S. The van der Waals surface area contributed by atoms with Crippen molar-refractivity contribution in [2.45, 2.75) is 30.1 Å². The number of carbonyl (C=O) groups is 2. The van der Waals surface area contributed by atoms with Gasteiger partial charge in [-0.2, -0.15) is 0 Å². The van der Waals surface area contributed by atoms with Crippen LogP contribution in [0.5, 0.6) is 0 Å². The van der Waals surface area contributed by atoms with E-state index >= 15 is 0 Å². The molecule has 0 aromatic heterocycles. The van der Waals surface area contributed by atoms with Gasteiger partial charge >= 0.3 is 6.03 Å². The molecule has 0 saturated carbocycles. The molecule has 2 rings (SSSR count). The molecule has 0 atom stereocenters. The fourth-order valence-corrected chi connectivity index (χ4v) is 2.78. The quantitative estimate of drug-likeness (QED) is 0.731. The topological polar surface area (TPSA) is 70.2 Å². The van der Waals surface area contributed by atoms with Gasteiger partial charge in [0, 0.05) is 34.6 Å². The number of urea groups is 1. The maximum absolute atomic E-state index is 11.6. The van der Waals surface area contributed by atoms with Crippen molar-refractivity contribution < 1.29 is 9.59 Å². The van der Waals surface area contributed by atoms with Crippen LogP contribution < -0.4 is 16.0 Å². The lowest BCUT2D eigenvalue weighted by Crippen LogP contribution is -2.29. The minimum Gasteiger partial charge on any atom is -0.338 e. The van der Waals surface area contributed by atoms with Gasteiger partial charge in [0.05, 0.1) is 0 Å². The van der Waals surface area contributed by atoms with E-state index in [1.807, 2.05) is 55.5 Å². The van der Waals surface area contributed by atoms with Gasteiger partial charge in [0.15, 0.2) is 0 Å². The highest BCUT2D eigenvalue weighted by molar-refractivity contribution is 7.99. The summed E-state index contributed by atoms with van der Waals surface area (Å²) in [6.07, 6.45) is 0.906. The van der Waals surface area contributed by atoms with Gasteiger partial charge in [-0.05, 0) is 55.0 Å². The van der Waals surface area contributed by atoms with Gasteiger partial charge in [0.2, 0.25) is 5.91 Å². The minimum absolute atomic E-state index is 0.0820. The highest BCUT2D eigenvalue weighted by Gasteiger charge is 2.02. The molecular weight excluding hydrogens is 322 g/mol. The van der Waals surface area contributed by atoms with E-state index < -0.39 is 0 Å². The first-order chi connectivity index (χ1) is 11.6. The summed E-state index contributed by atoms with van der Waals surface area (Å²) in [6, 6.07) is 15.1. The predicted octanol–water partition coefficient (Wildman–Crippen LogP) is 4.33. The Kier molecular flexibility index (Phi) is 6.69. The van der Waals surface area contributed by atoms with Gasteiger partial charge in [-0.3, -0.25) is 4.79 Å². The van der Waals surface area contributed by atoms with Gasteiger partial charge in [0.25, 0.3) is 0 Å². The molecule has 6 heteroatoms. The molecule has 5 nitrogen and oxygen atoms in total. The van der Waals surface area contributed by atoms with Crippen molar-refractivity contribution in [2.75, 3.05) is 17.2 Å². The second-order valence-corrected chi connectivity index (χ2v) is 6.36. The van der Waals surface area contributed by atoms with Gasteiger partial charge < -0.3 is 16.0 Å². The first-order valence-corrected chi connectivity index (χ1v) is 8.59. The fraction of sp³-hybridized carbons (Fsp3) is 0.222. The maximum Gasteiger partial charge on any atom is 0.319 e. The summed E-state index contributed by atoms with van der Waals surface area (Å²) in [5.41, 5.74) is 1.54. The van der Waals surface area contributed by atoms with E-state index in [0.717, 1.165) is 27.6 Å². The lowest BCUT2D eigenvalue weighted by molar-refractivity contribution is -0.114. The molecule has 0 aliphatic carbocycles. The van der Waals surface area contributed by atoms with Crippen LogP contribution in [0.15, 0.2) is 58.3 Å². The van der Waals surface area contributed by atoms with E-state index in [-0.39, 0.29) is 11.9 Å². The lowest BCUT2D eigenvalue weighted by Gasteiger charge is -2.08. The molecule has 0 spiro atoms. The number of rotatable bonds is 6. The monoisotopic (exact) mass is 343 g/mol. The average molecular weight is 343 g/mol. The summed E-state index contributed by atoms with van der Waals surface area (Å²) in [6.45, 7) is 4.16. The van der Waals surface area contributed by atoms with E-state index in [2.05, 4.69) is 16.0 Å². The second-order valence-electron chi connectivity index (χ2n) is 5.21. The van der Waals surface area contributed by atoms with E-state index in [1.54, 1.807) is 11.8 Å². The third-order valence-electron chi connectivity index (χ3n) is 3.06. The van der Waals surface area contributed by atoms with Crippen LogP contribution in [0.1, 0.15) is 20.3 Å². The first kappa shape index (κ1) is 17.9. The summed E-state index contributed by atoms with van der Waals surface area (Å²) in [5.74, 6) is -0.0820. The standard InChI is InChI=1S/C18H21N3O2S/c1-3-12-19-18(23)21-15-6-10-17(11-7-15)24-16-8-4-14(5-9-16)20-13(2)22/h4-11H,3,12H2,1-2H3,(H,20,22)(H2,19,21,23). The molecule has 2 aromatic rings. The van der Waals surface area contributed by atoms with Crippen molar-refractivity contribution in [3.63, 3.8) is 0 Å². The molecule has 2 aromatic carbocycles. The van der Waals surface area contributed by atoms with Crippen LogP contribution in [0, 0.1) is 0 Å². The summed E-state index contributed by atoms with van der Waals surface area (Å²) in [5, 5.41) is 8.30. The zero-order valence-electron chi connectivity index (χ0n) is 13.8. The van der Waals surface area contributed by atoms with Crippen LogP contribution in [-0.4, -0.2) is 18.5 Å². The SMILES string of the molecule is CCCNC(=O)Nc1ccc(Sc2ccc(NC(C)=O)cc2)cc1. The maximum atomic E-state index is 11.6. The highest BCUT2D eigenvalue weighted by atomic mass is 32.2. The molecule has 0 saturated heterocycles. The Morgan fingerprint density at radius 3 is 1.83 bits per heavy atom. The zero-order chi connectivity index (χ0) is 17.4. The molecule has 0 aliphatic heterocycles. The van der Waals surface area contributed by atoms with Crippen molar-refractivity contribution in [3.05, 3.63) is 48.5 Å². The van der Waals surface area contributed by atoms with Crippen molar-refractivity contribution in [1.29, 1.82) is 0 Å². The van der Waals surface area contributed by atoms with Crippen molar-refractivity contribution in [2.24, 2.45) is 0 Å². The number of hydrogen-bond acceptors (Lipinski definition) is 3. The third-order valence-corrected chi connectivity index (χ3v) is 4.07. The number of nitrogens with one attached hydrogen (secondary N) is 3. The molecule has 24 heavy (non-hydrogen) atoms. The van der Waals surface area contributed by atoms with Gasteiger partial charge in [-0.15, -0.1) is 0 Å². The van der Waals surface area contributed by atoms with Crippen LogP contribution in [0.2, 0.25) is 0 Å². The largest absolute Gasteiger partial charge is 0.338 e. The van der Waals surface area contributed by atoms with E-state index in [4.69, 9.17) is 0 Å². The molecule has 0 aliphatic rings. The molecule has 3 N–H and O–H groups in total. The Morgan fingerprint density at radius 2 is 1.38 bits per heavy atom. The molecule has 126 valence electrons. The lowest BCUT2D eigenvalue weighted by atomic mass is 10.3. The Labute approximate surface area is 146 Å². The molecule has 3 amide bonds. The van der Waals surface area contributed by atoms with Crippen LogP contribution in [0.3, 0.4) is 0 Å². The smallest absolute Gasteiger partial charge is 0.319 e. The van der Waals surface area contributed by atoms with Crippen LogP contribution in [-0.2, 0) is 4.79 Å². The zero-order valence-corrected chi connectivity index (χ0v) is 14.6. The fourth-order valence-electron chi connectivity index (χ4n) is 1.97. The number of amides is 3. The highest BCUT2D eigenvalue weighted by Crippen LogP contribution is 2.29. The summed E-state index contributed by atoms with van der Waals surface area (Å²) in [7, 11) is 0. The Hall–Kier alpha value is -2.47. The molecule has 0 heterocycles. The molecule has 0 radical (unpaired) electrons. The molecule has 0 fully saturated rings. The first-order valence-electron chi connectivity index (χ1n) is 7.77. The van der Waals surface area contributed by atoms with Crippen molar-refractivity contribution >= 4 is 35.1 Å². The van der Waals surface area contributed by atoms with E-state index in [1.165, 1.54) is 6.92 Å². The minimum atomic E-state index is -0.189. The van der Waals surface area contributed by atoms with Gasteiger partial charge in [0.1, 0.15) is 0 Å². The average Bonchev–Trinajstić information content (AvgIpc) is 2.56. The number of benzene rings is 2. The molecule has 0 bridgehead atoms. The predicted molar refractivity (Wildman–Crippen MR) is 98.6 cm³/mol. The number of hydrogen-bond donors (Lipinski definition) is 3. The molecule has 0 unspecified atom stereocenters. The Balaban J connectivity index is 1.91.